The highest BCUT2D eigenvalue weighted by atomic mass is 16.4. The average Bonchev–Trinajstić information content (AvgIpc) is 2.33. The number of aromatic amines is 1. The Morgan fingerprint density at radius 3 is 2.55 bits per heavy atom. The highest BCUT2D eigenvalue weighted by Crippen LogP contribution is 2.00. The van der Waals surface area contributed by atoms with Gasteiger partial charge in [0.25, 0.3) is 11.5 Å². The number of nitrogens with one attached hydrogen (secondary N) is 2. The number of carbonyl (C=O) groups is 3. The van der Waals surface area contributed by atoms with Gasteiger partial charge in [-0.25, -0.2) is 4.79 Å². The second-order valence-corrected chi connectivity index (χ2v) is 4.25. The van der Waals surface area contributed by atoms with E-state index in [1.54, 1.807) is 6.92 Å². The Bertz CT molecular complexity index is 593. The molecule has 0 aliphatic rings. The largest absolute Gasteiger partial charge is 0.480 e. The van der Waals surface area contributed by atoms with E-state index in [9.17, 15) is 19.2 Å². The van der Waals surface area contributed by atoms with Crippen molar-refractivity contribution in [3.8, 4) is 0 Å². The van der Waals surface area contributed by atoms with Crippen LogP contribution in [0, 0.1) is 6.92 Å². The van der Waals surface area contributed by atoms with Gasteiger partial charge in [-0.3, -0.25) is 14.4 Å². The summed E-state index contributed by atoms with van der Waals surface area (Å²) in [5.41, 5.74) is 4.70. The normalized spacial score (nSPS) is 11.7. The van der Waals surface area contributed by atoms with Gasteiger partial charge in [0.1, 0.15) is 11.6 Å². The van der Waals surface area contributed by atoms with Gasteiger partial charge in [0, 0.05) is 12.1 Å². The van der Waals surface area contributed by atoms with Gasteiger partial charge in [0.05, 0.1) is 0 Å². The van der Waals surface area contributed by atoms with E-state index < -0.39 is 29.4 Å². The Morgan fingerprint density at radius 2 is 2.05 bits per heavy atom. The lowest BCUT2D eigenvalue weighted by atomic mass is 10.1. The second kappa shape index (κ2) is 6.50. The minimum absolute atomic E-state index is 0.139. The smallest absolute Gasteiger partial charge is 0.326 e. The van der Waals surface area contributed by atoms with Crippen LogP contribution in [-0.2, 0) is 9.59 Å². The number of carbonyl (C=O) groups excluding carboxylic acids is 2. The van der Waals surface area contributed by atoms with Gasteiger partial charge in [-0.1, -0.05) is 0 Å². The van der Waals surface area contributed by atoms with Crippen LogP contribution in [0.4, 0.5) is 0 Å². The molecule has 2 amide bonds. The molecule has 0 aliphatic heterocycles. The molecule has 0 saturated heterocycles. The van der Waals surface area contributed by atoms with Crippen LogP contribution < -0.4 is 16.6 Å². The maximum atomic E-state index is 11.8. The Balaban J connectivity index is 2.82. The van der Waals surface area contributed by atoms with Crippen LogP contribution in [0.1, 0.15) is 28.9 Å². The third-order valence-corrected chi connectivity index (χ3v) is 2.58. The summed E-state index contributed by atoms with van der Waals surface area (Å²) >= 11 is 0. The van der Waals surface area contributed by atoms with Gasteiger partial charge >= 0.3 is 5.97 Å². The average molecular weight is 281 g/mol. The van der Waals surface area contributed by atoms with Crippen LogP contribution in [0.15, 0.2) is 16.9 Å². The van der Waals surface area contributed by atoms with Gasteiger partial charge < -0.3 is 21.1 Å². The van der Waals surface area contributed by atoms with Crippen LogP contribution >= 0.6 is 0 Å². The van der Waals surface area contributed by atoms with Gasteiger partial charge in [0.15, 0.2) is 0 Å². The molecule has 108 valence electrons. The monoisotopic (exact) mass is 281 g/mol. The zero-order valence-corrected chi connectivity index (χ0v) is 10.8. The van der Waals surface area contributed by atoms with E-state index in [4.69, 9.17) is 10.8 Å². The number of hydrogen-bond donors (Lipinski definition) is 4. The molecule has 5 N–H and O–H groups in total. The fourth-order valence-corrected chi connectivity index (χ4v) is 1.53. The number of primary amides is 1. The summed E-state index contributed by atoms with van der Waals surface area (Å²) in [4.78, 5) is 47.4. The molecule has 0 spiro atoms. The van der Waals surface area contributed by atoms with Crippen molar-refractivity contribution in [3.63, 3.8) is 0 Å². The number of amides is 2. The van der Waals surface area contributed by atoms with E-state index in [2.05, 4.69) is 10.3 Å². The SMILES string of the molecule is Cc1ccc(C(=O)NC(CCC(N)=O)C(=O)O)c(=O)[nH]1. The molecule has 1 aromatic rings. The number of rotatable bonds is 6. The number of nitrogens with two attached hydrogens (primary N) is 1. The fraction of sp³-hybridized carbons (Fsp3) is 0.333. The van der Waals surface area contributed by atoms with E-state index in [1.165, 1.54) is 12.1 Å². The van der Waals surface area contributed by atoms with E-state index in [-0.39, 0.29) is 18.4 Å². The quantitative estimate of drug-likeness (QED) is 0.536. The maximum Gasteiger partial charge on any atom is 0.326 e. The molecule has 1 unspecified atom stereocenters. The molecular formula is C12H15N3O5. The topological polar surface area (TPSA) is 142 Å². The molecule has 8 heteroatoms. The summed E-state index contributed by atoms with van der Waals surface area (Å²) in [7, 11) is 0. The van der Waals surface area contributed by atoms with Crippen LogP contribution in [0.5, 0.6) is 0 Å². The molecule has 0 saturated carbocycles. The zero-order chi connectivity index (χ0) is 15.3. The summed E-state index contributed by atoms with van der Waals surface area (Å²) in [6.45, 7) is 1.65. The molecule has 1 heterocycles. The van der Waals surface area contributed by atoms with Gasteiger partial charge in [-0.15, -0.1) is 0 Å². The van der Waals surface area contributed by atoms with Crippen LogP contribution in [0.3, 0.4) is 0 Å². The lowest BCUT2D eigenvalue weighted by Crippen LogP contribution is -2.43. The molecular weight excluding hydrogens is 266 g/mol. The molecule has 0 fully saturated rings. The third kappa shape index (κ3) is 4.23. The summed E-state index contributed by atoms with van der Waals surface area (Å²) in [5.74, 6) is -2.79. The number of carboxylic acid groups (broad SMARTS) is 1. The van der Waals surface area contributed by atoms with Crippen molar-refractivity contribution in [1.29, 1.82) is 0 Å². The number of aromatic nitrogens is 1. The second-order valence-electron chi connectivity index (χ2n) is 4.25. The molecule has 8 nitrogen and oxygen atoms in total. The Labute approximate surface area is 114 Å². The van der Waals surface area contributed by atoms with Gasteiger partial charge in [-0.05, 0) is 25.5 Å². The Kier molecular flexibility index (Phi) is 5.01. The molecule has 1 rings (SSSR count). The standard InChI is InChI=1S/C12H15N3O5/c1-6-2-3-7(10(17)14-6)11(18)15-8(12(19)20)4-5-9(13)16/h2-3,8H,4-5H2,1H3,(H2,13,16)(H,14,17)(H,15,18)(H,19,20). The number of carboxylic acids is 1. The van der Waals surface area contributed by atoms with Crippen LogP contribution in [0.2, 0.25) is 0 Å². The van der Waals surface area contributed by atoms with Crippen molar-refractivity contribution in [2.45, 2.75) is 25.8 Å². The fourth-order valence-electron chi connectivity index (χ4n) is 1.53. The summed E-state index contributed by atoms with van der Waals surface area (Å²) in [6, 6.07) is 1.54. The molecule has 0 radical (unpaired) electrons. The van der Waals surface area contributed by atoms with E-state index >= 15 is 0 Å². The zero-order valence-electron chi connectivity index (χ0n) is 10.8. The maximum absolute atomic E-state index is 11.8. The predicted octanol–water partition coefficient (Wildman–Crippen LogP) is -0.868. The molecule has 1 aromatic heterocycles. The van der Waals surface area contributed by atoms with Crippen molar-refractivity contribution in [2.24, 2.45) is 5.73 Å². The van der Waals surface area contributed by atoms with Crippen molar-refractivity contribution in [1.82, 2.24) is 10.3 Å². The van der Waals surface area contributed by atoms with Crippen LogP contribution in [0.25, 0.3) is 0 Å². The van der Waals surface area contributed by atoms with Gasteiger partial charge in [0.2, 0.25) is 5.91 Å². The van der Waals surface area contributed by atoms with Crippen LogP contribution in [-0.4, -0.2) is 33.9 Å². The van der Waals surface area contributed by atoms with Crippen molar-refractivity contribution in [2.75, 3.05) is 0 Å². The highest BCUT2D eigenvalue weighted by Gasteiger charge is 2.22. The minimum Gasteiger partial charge on any atom is -0.480 e. The molecule has 0 aliphatic carbocycles. The minimum atomic E-state index is -1.30. The lowest BCUT2D eigenvalue weighted by molar-refractivity contribution is -0.139. The van der Waals surface area contributed by atoms with E-state index in [0.717, 1.165) is 0 Å². The van der Waals surface area contributed by atoms with Crippen molar-refractivity contribution in [3.05, 3.63) is 33.7 Å². The number of hydrogen-bond acceptors (Lipinski definition) is 4. The Hall–Kier alpha value is -2.64. The lowest BCUT2D eigenvalue weighted by Gasteiger charge is -2.13. The number of aliphatic carboxylic acids is 1. The van der Waals surface area contributed by atoms with Crippen molar-refractivity contribution >= 4 is 17.8 Å². The first-order valence-corrected chi connectivity index (χ1v) is 5.83. The Morgan fingerprint density at radius 1 is 1.40 bits per heavy atom. The molecule has 1 atom stereocenters. The number of pyridine rings is 1. The first-order chi connectivity index (χ1) is 9.31. The molecule has 0 aromatic carbocycles. The molecule has 20 heavy (non-hydrogen) atoms. The predicted molar refractivity (Wildman–Crippen MR) is 69.1 cm³/mol. The summed E-state index contributed by atoms with van der Waals surface area (Å²) in [5, 5.41) is 11.1. The summed E-state index contributed by atoms with van der Waals surface area (Å²) < 4.78 is 0. The number of H-pyrrole nitrogens is 1. The third-order valence-electron chi connectivity index (χ3n) is 2.58. The summed E-state index contributed by atoms with van der Waals surface area (Å²) in [6.07, 6.45) is -0.318. The number of aryl methyl sites for hydroxylation is 1. The molecule has 0 bridgehead atoms. The first kappa shape index (κ1) is 15.4. The highest BCUT2D eigenvalue weighted by molar-refractivity contribution is 5.96. The van der Waals surface area contributed by atoms with E-state index in [0.29, 0.717) is 5.69 Å². The van der Waals surface area contributed by atoms with Crippen molar-refractivity contribution < 1.29 is 19.5 Å². The van der Waals surface area contributed by atoms with E-state index in [1.807, 2.05) is 0 Å². The first-order valence-electron chi connectivity index (χ1n) is 5.83. The van der Waals surface area contributed by atoms with Gasteiger partial charge in [-0.2, -0.15) is 0 Å².